The number of carboxylic acids is 1. The average Bonchev–Trinajstić information content (AvgIpc) is 2.46. The molecule has 2 rings (SSSR count). The number of halogens is 1. The quantitative estimate of drug-likeness (QED) is 0.909. The third-order valence-electron chi connectivity index (χ3n) is 3.55. The molecule has 5 nitrogen and oxygen atoms in total. The van der Waals surface area contributed by atoms with Crippen LogP contribution in [0.2, 0.25) is 0 Å². The van der Waals surface area contributed by atoms with E-state index in [4.69, 9.17) is 9.84 Å². The molecular weight excluding hydrogens is 277 g/mol. The molecule has 21 heavy (non-hydrogen) atoms. The predicted molar refractivity (Wildman–Crippen MR) is 73.2 cm³/mol. The fourth-order valence-electron chi connectivity index (χ4n) is 2.46. The second-order valence-electron chi connectivity index (χ2n) is 5.20. The first-order valence-electron chi connectivity index (χ1n) is 6.84. The molecule has 1 aromatic carbocycles. The first kappa shape index (κ1) is 15.4. The smallest absolute Gasteiger partial charge is 0.328 e. The second kappa shape index (κ2) is 6.67. The molecular formula is C15H18FNO4. The van der Waals surface area contributed by atoms with E-state index >= 15 is 0 Å². The molecule has 1 heterocycles. The molecule has 0 aliphatic carbocycles. The van der Waals surface area contributed by atoms with Crippen molar-refractivity contribution in [3.05, 3.63) is 35.6 Å². The van der Waals surface area contributed by atoms with Crippen LogP contribution in [0.25, 0.3) is 0 Å². The number of morpholine rings is 1. The Morgan fingerprint density at radius 3 is 2.95 bits per heavy atom. The molecule has 2 atom stereocenters. The Hall–Kier alpha value is -1.95. The molecule has 1 fully saturated rings. The third-order valence-corrected chi connectivity index (χ3v) is 3.55. The number of nitrogens with zero attached hydrogens (tertiary/aromatic N) is 1. The van der Waals surface area contributed by atoms with E-state index in [0.29, 0.717) is 13.0 Å². The van der Waals surface area contributed by atoms with Crippen molar-refractivity contribution in [1.29, 1.82) is 0 Å². The Balaban J connectivity index is 2.05. The van der Waals surface area contributed by atoms with Crippen LogP contribution in [-0.4, -0.2) is 47.7 Å². The van der Waals surface area contributed by atoms with Gasteiger partial charge in [-0.2, -0.15) is 0 Å². The van der Waals surface area contributed by atoms with Crippen molar-refractivity contribution in [2.24, 2.45) is 5.92 Å². The fourth-order valence-corrected chi connectivity index (χ4v) is 2.46. The molecule has 1 amide bonds. The first-order chi connectivity index (χ1) is 9.99. The Bertz CT molecular complexity index is 534. The number of hydrogen-bond acceptors (Lipinski definition) is 3. The van der Waals surface area contributed by atoms with Gasteiger partial charge in [-0.1, -0.05) is 19.1 Å². The summed E-state index contributed by atoms with van der Waals surface area (Å²) < 4.78 is 18.3. The molecule has 0 radical (unpaired) electrons. The van der Waals surface area contributed by atoms with Crippen molar-refractivity contribution >= 4 is 11.9 Å². The number of hydrogen-bond donors (Lipinski definition) is 1. The average molecular weight is 295 g/mol. The van der Waals surface area contributed by atoms with Crippen molar-refractivity contribution in [3.8, 4) is 0 Å². The minimum Gasteiger partial charge on any atom is -0.480 e. The van der Waals surface area contributed by atoms with E-state index in [0.717, 1.165) is 5.56 Å². The first-order valence-corrected chi connectivity index (χ1v) is 6.84. The largest absolute Gasteiger partial charge is 0.480 e. The van der Waals surface area contributed by atoms with Gasteiger partial charge in [0.2, 0.25) is 5.91 Å². The maximum Gasteiger partial charge on any atom is 0.328 e. The number of carbonyl (C=O) groups is 2. The van der Waals surface area contributed by atoms with Crippen molar-refractivity contribution in [1.82, 2.24) is 4.90 Å². The minimum absolute atomic E-state index is 0.00770. The van der Waals surface area contributed by atoms with Crippen LogP contribution in [0.4, 0.5) is 4.39 Å². The van der Waals surface area contributed by atoms with E-state index in [1.807, 2.05) is 0 Å². The van der Waals surface area contributed by atoms with Crippen LogP contribution < -0.4 is 0 Å². The van der Waals surface area contributed by atoms with Gasteiger partial charge in [0.05, 0.1) is 13.2 Å². The lowest BCUT2D eigenvalue weighted by Gasteiger charge is -2.34. The van der Waals surface area contributed by atoms with Crippen LogP contribution >= 0.6 is 0 Å². The molecule has 114 valence electrons. The highest BCUT2D eigenvalue weighted by Crippen LogP contribution is 2.16. The summed E-state index contributed by atoms with van der Waals surface area (Å²) in [6.07, 6.45) is 0.375. The van der Waals surface area contributed by atoms with E-state index < -0.39 is 17.9 Å². The summed E-state index contributed by atoms with van der Waals surface area (Å²) in [5.74, 6) is -2.07. The van der Waals surface area contributed by atoms with E-state index in [2.05, 4.69) is 0 Å². The van der Waals surface area contributed by atoms with Crippen LogP contribution in [0.3, 0.4) is 0 Å². The van der Waals surface area contributed by atoms with E-state index in [-0.39, 0.29) is 24.9 Å². The number of ether oxygens (including phenoxy) is 1. The summed E-state index contributed by atoms with van der Waals surface area (Å²) in [4.78, 5) is 24.9. The monoisotopic (exact) mass is 295 g/mol. The van der Waals surface area contributed by atoms with Gasteiger partial charge in [0, 0.05) is 12.5 Å². The highest BCUT2D eigenvalue weighted by Gasteiger charge is 2.34. The molecule has 0 spiro atoms. The van der Waals surface area contributed by atoms with E-state index in [1.165, 1.54) is 17.0 Å². The zero-order valence-corrected chi connectivity index (χ0v) is 11.8. The van der Waals surface area contributed by atoms with Gasteiger partial charge in [-0.05, 0) is 24.1 Å². The molecule has 0 bridgehead atoms. The molecule has 1 aromatic rings. The van der Waals surface area contributed by atoms with E-state index in [1.54, 1.807) is 19.1 Å². The highest BCUT2D eigenvalue weighted by atomic mass is 19.1. The maximum absolute atomic E-state index is 13.2. The van der Waals surface area contributed by atoms with Crippen molar-refractivity contribution < 1.29 is 23.8 Å². The molecule has 0 unspecified atom stereocenters. The Morgan fingerprint density at radius 1 is 1.52 bits per heavy atom. The van der Waals surface area contributed by atoms with E-state index in [9.17, 15) is 14.0 Å². The molecule has 1 saturated heterocycles. The summed E-state index contributed by atoms with van der Waals surface area (Å²) in [6.45, 7) is 2.33. The van der Waals surface area contributed by atoms with Gasteiger partial charge in [0.15, 0.2) is 6.04 Å². The summed E-state index contributed by atoms with van der Waals surface area (Å²) in [6, 6.07) is 5.13. The number of aliphatic carboxylic acids is 1. The van der Waals surface area contributed by atoms with Gasteiger partial charge in [-0.25, -0.2) is 9.18 Å². The van der Waals surface area contributed by atoms with Crippen LogP contribution in [0.5, 0.6) is 0 Å². The number of carbonyl (C=O) groups excluding carboxylic acids is 1. The number of rotatable bonds is 4. The lowest BCUT2D eigenvalue weighted by molar-refractivity contribution is -0.160. The third kappa shape index (κ3) is 3.78. The van der Waals surface area contributed by atoms with Gasteiger partial charge in [0.25, 0.3) is 0 Å². The molecule has 6 heteroatoms. The summed E-state index contributed by atoms with van der Waals surface area (Å²) in [7, 11) is 0. The van der Waals surface area contributed by atoms with Gasteiger partial charge < -0.3 is 14.7 Å². The zero-order chi connectivity index (χ0) is 15.4. The van der Waals surface area contributed by atoms with Crippen LogP contribution in [0.15, 0.2) is 24.3 Å². The Kier molecular flexibility index (Phi) is 4.90. The van der Waals surface area contributed by atoms with Gasteiger partial charge in [0.1, 0.15) is 5.82 Å². The van der Waals surface area contributed by atoms with Crippen molar-refractivity contribution in [2.75, 3.05) is 19.8 Å². The summed E-state index contributed by atoms with van der Waals surface area (Å²) in [5.41, 5.74) is 0.719. The molecule has 0 saturated carbocycles. The van der Waals surface area contributed by atoms with Gasteiger partial charge in [-0.3, -0.25) is 4.79 Å². The topological polar surface area (TPSA) is 66.8 Å². The second-order valence-corrected chi connectivity index (χ2v) is 5.20. The highest BCUT2D eigenvalue weighted by molar-refractivity contribution is 5.85. The normalized spacial score (nSPS) is 20.1. The van der Waals surface area contributed by atoms with Gasteiger partial charge >= 0.3 is 5.97 Å². The van der Waals surface area contributed by atoms with Crippen LogP contribution in [-0.2, 0) is 20.7 Å². The lowest BCUT2D eigenvalue weighted by atomic mass is 9.98. The lowest BCUT2D eigenvalue weighted by Crippen LogP contribution is -2.54. The van der Waals surface area contributed by atoms with Gasteiger partial charge in [-0.15, -0.1) is 0 Å². The molecule has 1 aliphatic heterocycles. The van der Waals surface area contributed by atoms with Crippen LogP contribution in [0, 0.1) is 11.7 Å². The number of amides is 1. The Labute approximate surface area is 122 Å². The standard InChI is InChI=1S/C15H18FNO4/c1-10(7-11-3-2-4-12(16)8-11)14(18)17-5-6-21-9-13(17)15(19)20/h2-4,8,10,13H,5-7,9H2,1H3,(H,19,20)/t10-,13-/m1/s1. The van der Waals surface area contributed by atoms with Crippen molar-refractivity contribution in [2.45, 2.75) is 19.4 Å². The SMILES string of the molecule is C[C@H](Cc1cccc(F)c1)C(=O)N1CCOC[C@@H]1C(=O)O. The van der Waals surface area contributed by atoms with Crippen LogP contribution in [0.1, 0.15) is 12.5 Å². The fraction of sp³-hybridized carbons (Fsp3) is 0.467. The number of benzene rings is 1. The Morgan fingerprint density at radius 2 is 2.29 bits per heavy atom. The summed E-state index contributed by atoms with van der Waals surface area (Å²) in [5, 5.41) is 9.14. The molecule has 1 aliphatic rings. The minimum atomic E-state index is -1.07. The zero-order valence-electron chi connectivity index (χ0n) is 11.8. The van der Waals surface area contributed by atoms with Crippen molar-refractivity contribution in [3.63, 3.8) is 0 Å². The molecule has 0 aromatic heterocycles. The maximum atomic E-state index is 13.2. The number of carboxylic acid groups (broad SMARTS) is 1. The summed E-state index contributed by atoms with van der Waals surface area (Å²) >= 11 is 0. The predicted octanol–water partition coefficient (Wildman–Crippen LogP) is 1.32. The molecule has 1 N–H and O–H groups in total.